The summed E-state index contributed by atoms with van der Waals surface area (Å²) in [5.41, 5.74) is 8.85. The fourth-order valence-electron chi connectivity index (χ4n) is 4.11. The predicted molar refractivity (Wildman–Crippen MR) is 116 cm³/mol. The van der Waals surface area contributed by atoms with Crippen molar-refractivity contribution >= 4 is 21.8 Å². The van der Waals surface area contributed by atoms with Crippen LogP contribution in [0.4, 0.5) is 0 Å². The molecular formula is C26H21N. The van der Waals surface area contributed by atoms with Gasteiger partial charge in [0, 0.05) is 16.3 Å². The van der Waals surface area contributed by atoms with Crippen molar-refractivity contribution in [3.8, 4) is 16.8 Å². The maximum atomic E-state index is 2.42. The maximum absolute atomic E-state index is 2.42. The molecule has 0 spiro atoms. The molecule has 0 aliphatic heterocycles. The summed E-state index contributed by atoms with van der Waals surface area (Å²) in [6.07, 6.45) is 0. The quantitative estimate of drug-likeness (QED) is 0.322. The summed E-state index contributed by atoms with van der Waals surface area (Å²) in [4.78, 5) is 0. The Morgan fingerprint density at radius 3 is 1.81 bits per heavy atom. The van der Waals surface area contributed by atoms with Gasteiger partial charge >= 0.3 is 0 Å². The summed E-state index contributed by atoms with van der Waals surface area (Å²) < 4.78 is 2.42. The van der Waals surface area contributed by atoms with Crippen molar-refractivity contribution in [1.29, 1.82) is 0 Å². The summed E-state index contributed by atoms with van der Waals surface area (Å²) in [6.45, 7) is 4.35. The van der Waals surface area contributed by atoms with Crippen LogP contribution in [0.5, 0.6) is 0 Å². The second-order valence-electron chi connectivity index (χ2n) is 7.21. The van der Waals surface area contributed by atoms with Crippen LogP contribution in [0.1, 0.15) is 11.1 Å². The standard InChI is InChI=1S/C26H21N/c1-18-15-16-23(20-10-4-3-9-19(20)2)26(17-18)27-24-13-7-5-11-21(24)22-12-6-8-14-25(22)27/h3-17H,1-2H3. The van der Waals surface area contributed by atoms with Crippen LogP contribution in [0.2, 0.25) is 0 Å². The van der Waals surface area contributed by atoms with Crippen LogP contribution in [0.15, 0.2) is 91.0 Å². The number of rotatable bonds is 2. The lowest BCUT2D eigenvalue weighted by Gasteiger charge is -2.16. The third-order valence-corrected chi connectivity index (χ3v) is 5.41. The van der Waals surface area contributed by atoms with Crippen molar-refractivity contribution in [2.45, 2.75) is 13.8 Å². The third kappa shape index (κ3) is 2.47. The fourth-order valence-corrected chi connectivity index (χ4v) is 4.11. The summed E-state index contributed by atoms with van der Waals surface area (Å²) in [5, 5.41) is 2.59. The first-order valence-corrected chi connectivity index (χ1v) is 9.39. The second kappa shape index (κ2) is 6.14. The number of aromatic nitrogens is 1. The molecular weight excluding hydrogens is 326 g/mol. The van der Waals surface area contributed by atoms with Gasteiger partial charge in [0.2, 0.25) is 0 Å². The minimum absolute atomic E-state index is 1.24. The van der Waals surface area contributed by atoms with E-state index in [2.05, 4.69) is 109 Å². The molecule has 4 aromatic carbocycles. The number of benzene rings is 4. The van der Waals surface area contributed by atoms with E-state index in [1.54, 1.807) is 0 Å². The molecule has 0 aliphatic carbocycles. The van der Waals surface area contributed by atoms with Gasteiger partial charge in [0.25, 0.3) is 0 Å². The number of fused-ring (bicyclic) bond motifs is 3. The molecule has 0 atom stereocenters. The van der Waals surface area contributed by atoms with E-state index >= 15 is 0 Å². The van der Waals surface area contributed by atoms with Crippen molar-refractivity contribution in [2.75, 3.05) is 0 Å². The van der Waals surface area contributed by atoms with Gasteiger partial charge in [-0.1, -0.05) is 72.8 Å². The molecule has 1 heteroatoms. The van der Waals surface area contributed by atoms with Gasteiger partial charge in [0.15, 0.2) is 0 Å². The molecule has 1 nitrogen and oxygen atoms in total. The molecule has 0 unspecified atom stereocenters. The Labute approximate surface area is 159 Å². The van der Waals surface area contributed by atoms with Crippen LogP contribution in [-0.4, -0.2) is 4.57 Å². The lowest BCUT2D eigenvalue weighted by atomic mass is 9.97. The van der Waals surface area contributed by atoms with Gasteiger partial charge in [-0.25, -0.2) is 0 Å². The zero-order valence-corrected chi connectivity index (χ0v) is 15.6. The van der Waals surface area contributed by atoms with Crippen molar-refractivity contribution in [3.05, 3.63) is 102 Å². The third-order valence-electron chi connectivity index (χ3n) is 5.41. The van der Waals surface area contributed by atoms with Crippen LogP contribution in [0, 0.1) is 13.8 Å². The van der Waals surface area contributed by atoms with E-state index in [1.807, 2.05) is 0 Å². The SMILES string of the molecule is Cc1ccc(-c2ccccc2C)c(-n2c3ccccc3c3ccccc32)c1. The molecule has 130 valence electrons. The van der Waals surface area contributed by atoms with Crippen molar-refractivity contribution in [1.82, 2.24) is 4.57 Å². The lowest BCUT2D eigenvalue weighted by molar-refractivity contribution is 1.17. The Morgan fingerprint density at radius 1 is 0.556 bits per heavy atom. The molecule has 27 heavy (non-hydrogen) atoms. The summed E-state index contributed by atoms with van der Waals surface area (Å²) in [6, 6.07) is 32.8. The van der Waals surface area contributed by atoms with Gasteiger partial charge in [-0.3, -0.25) is 0 Å². The van der Waals surface area contributed by atoms with Gasteiger partial charge in [-0.05, 0) is 48.7 Å². The molecule has 5 aromatic rings. The lowest BCUT2D eigenvalue weighted by Crippen LogP contribution is -1.98. The number of para-hydroxylation sites is 2. The molecule has 0 aliphatic rings. The van der Waals surface area contributed by atoms with Crippen molar-refractivity contribution < 1.29 is 0 Å². The highest BCUT2D eigenvalue weighted by Gasteiger charge is 2.15. The molecule has 0 N–H and O–H groups in total. The van der Waals surface area contributed by atoms with Crippen LogP contribution >= 0.6 is 0 Å². The van der Waals surface area contributed by atoms with Crippen LogP contribution in [-0.2, 0) is 0 Å². The number of aryl methyl sites for hydroxylation is 2. The van der Waals surface area contributed by atoms with Gasteiger partial charge in [0.05, 0.1) is 16.7 Å². The smallest absolute Gasteiger partial charge is 0.0543 e. The Kier molecular flexibility index (Phi) is 3.61. The maximum Gasteiger partial charge on any atom is 0.0543 e. The van der Waals surface area contributed by atoms with E-state index in [0.717, 1.165) is 0 Å². The Balaban J connectivity index is 1.94. The van der Waals surface area contributed by atoms with Gasteiger partial charge < -0.3 is 4.57 Å². The van der Waals surface area contributed by atoms with Crippen LogP contribution < -0.4 is 0 Å². The highest BCUT2D eigenvalue weighted by atomic mass is 15.0. The van der Waals surface area contributed by atoms with Crippen molar-refractivity contribution in [2.24, 2.45) is 0 Å². The average Bonchev–Trinajstić information content (AvgIpc) is 3.03. The number of hydrogen-bond acceptors (Lipinski definition) is 0. The van der Waals surface area contributed by atoms with E-state index in [-0.39, 0.29) is 0 Å². The number of hydrogen-bond donors (Lipinski definition) is 0. The zero-order chi connectivity index (χ0) is 18.4. The highest BCUT2D eigenvalue weighted by Crippen LogP contribution is 2.37. The molecule has 0 saturated carbocycles. The highest BCUT2D eigenvalue weighted by molar-refractivity contribution is 6.09. The Bertz CT molecular complexity index is 1240. The molecule has 1 aromatic heterocycles. The van der Waals surface area contributed by atoms with E-state index in [0.29, 0.717) is 0 Å². The van der Waals surface area contributed by atoms with E-state index in [4.69, 9.17) is 0 Å². The average molecular weight is 347 g/mol. The topological polar surface area (TPSA) is 4.93 Å². The molecule has 0 saturated heterocycles. The first-order chi connectivity index (χ1) is 13.2. The van der Waals surface area contributed by atoms with Crippen LogP contribution in [0.3, 0.4) is 0 Å². The first-order valence-electron chi connectivity index (χ1n) is 9.39. The number of nitrogens with zero attached hydrogens (tertiary/aromatic N) is 1. The largest absolute Gasteiger partial charge is 0.309 e. The molecule has 5 rings (SSSR count). The second-order valence-corrected chi connectivity index (χ2v) is 7.21. The van der Waals surface area contributed by atoms with E-state index < -0.39 is 0 Å². The van der Waals surface area contributed by atoms with E-state index in [1.165, 1.54) is 49.7 Å². The monoisotopic (exact) mass is 347 g/mol. The normalized spacial score (nSPS) is 11.3. The molecule has 1 heterocycles. The summed E-state index contributed by atoms with van der Waals surface area (Å²) in [5.74, 6) is 0. The minimum atomic E-state index is 1.24. The minimum Gasteiger partial charge on any atom is -0.309 e. The predicted octanol–water partition coefficient (Wildman–Crippen LogP) is 7.07. The summed E-state index contributed by atoms with van der Waals surface area (Å²) >= 11 is 0. The first kappa shape index (κ1) is 15.9. The fraction of sp³-hybridized carbons (Fsp3) is 0.0769. The van der Waals surface area contributed by atoms with Gasteiger partial charge in [-0.2, -0.15) is 0 Å². The van der Waals surface area contributed by atoms with Crippen LogP contribution in [0.25, 0.3) is 38.6 Å². The molecule has 0 bridgehead atoms. The molecule has 0 amide bonds. The zero-order valence-electron chi connectivity index (χ0n) is 15.6. The molecule has 0 fully saturated rings. The Morgan fingerprint density at radius 2 is 1.15 bits per heavy atom. The Hall–Kier alpha value is -3.32. The van der Waals surface area contributed by atoms with Gasteiger partial charge in [0.1, 0.15) is 0 Å². The van der Waals surface area contributed by atoms with Crippen molar-refractivity contribution in [3.63, 3.8) is 0 Å². The molecule has 0 radical (unpaired) electrons. The van der Waals surface area contributed by atoms with E-state index in [9.17, 15) is 0 Å². The summed E-state index contributed by atoms with van der Waals surface area (Å²) in [7, 11) is 0. The van der Waals surface area contributed by atoms with Gasteiger partial charge in [-0.15, -0.1) is 0 Å².